The fourth-order valence-corrected chi connectivity index (χ4v) is 6.36. The molecule has 128 valence electrons. The van der Waals surface area contributed by atoms with Crippen LogP contribution < -0.4 is 4.73 Å². The Morgan fingerprint density at radius 2 is 1.40 bits per heavy atom. The van der Waals surface area contributed by atoms with Crippen molar-refractivity contribution in [2.45, 2.75) is 44.2 Å². The van der Waals surface area contributed by atoms with E-state index in [9.17, 15) is 5.21 Å². The Morgan fingerprint density at radius 1 is 0.880 bits per heavy atom. The first kappa shape index (κ1) is 15.1. The van der Waals surface area contributed by atoms with E-state index in [1.807, 2.05) is 12.1 Å². The monoisotopic (exact) mass is 333 g/mol. The standard InChI is InChI=1S/C21H23N3O/c1-19(2)20(15-7-4-3-5-8-15)17-9-6-10-18(17)21(19,23-22-20)16-11-13-24(25)14-12-16/h3-5,7-8,11-14,17-18H,6,9-10H2,1-2H3/t17-,18+,20-,21+/m0/s1. The Bertz CT molecular complexity index is 845. The van der Waals surface area contributed by atoms with E-state index in [0.29, 0.717) is 11.8 Å². The maximum absolute atomic E-state index is 11.6. The quantitative estimate of drug-likeness (QED) is 0.596. The van der Waals surface area contributed by atoms with Gasteiger partial charge >= 0.3 is 0 Å². The summed E-state index contributed by atoms with van der Waals surface area (Å²) in [6, 6.07) is 14.6. The summed E-state index contributed by atoms with van der Waals surface area (Å²) in [5, 5.41) is 21.6. The maximum Gasteiger partial charge on any atom is 0.180 e. The molecule has 2 fully saturated rings. The van der Waals surface area contributed by atoms with Gasteiger partial charge in [-0.05, 0) is 35.8 Å². The van der Waals surface area contributed by atoms with Crippen LogP contribution in [0.15, 0.2) is 65.1 Å². The van der Waals surface area contributed by atoms with Crippen LogP contribution in [0.2, 0.25) is 0 Å². The van der Waals surface area contributed by atoms with Crippen LogP contribution >= 0.6 is 0 Å². The van der Waals surface area contributed by atoms with Gasteiger partial charge < -0.3 is 5.21 Å². The maximum atomic E-state index is 11.6. The molecule has 1 aromatic heterocycles. The Morgan fingerprint density at radius 3 is 1.96 bits per heavy atom. The van der Waals surface area contributed by atoms with Gasteiger partial charge in [0.25, 0.3) is 0 Å². The van der Waals surface area contributed by atoms with Gasteiger partial charge in [-0.25, -0.2) is 0 Å². The first-order valence-electron chi connectivity index (χ1n) is 9.23. The van der Waals surface area contributed by atoms with Crippen molar-refractivity contribution in [2.24, 2.45) is 27.5 Å². The van der Waals surface area contributed by atoms with Gasteiger partial charge in [-0.1, -0.05) is 50.6 Å². The summed E-state index contributed by atoms with van der Waals surface area (Å²) in [7, 11) is 0. The molecule has 0 amide bonds. The minimum absolute atomic E-state index is 0.133. The molecule has 0 N–H and O–H groups in total. The molecule has 0 unspecified atom stereocenters. The van der Waals surface area contributed by atoms with E-state index < -0.39 is 0 Å². The van der Waals surface area contributed by atoms with E-state index in [4.69, 9.17) is 10.2 Å². The summed E-state index contributed by atoms with van der Waals surface area (Å²) in [5.74, 6) is 1.00. The second-order valence-corrected chi connectivity index (χ2v) is 8.31. The summed E-state index contributed by atoms with van der Waals surface area (Å²) in [6.45, 7) is 4.66. The Hall–Kier alpha value is -2.23. The van der Waals surface area contributed by atoms with Gasteiger partial charge in [0.15, 0.2) is 12.4 Å². The highest BCUT2D eigenvalue weighted by Gasteiger charge is 2.78. The molecule has 0 saturated heterocycles. The first-order valence-corrected chi connectivity index (χ1v) is 9.23. The predicted molar refractivity (Wildman–Crippen MR) is 94.7 cm³/mol. The first-order chi connectivity index (χ1) is 12.0. The molecule has 2 bridgehead atoms. The summed E-state index contributed by atoms with van der Waals surface area (Å²) in [6.07, 6.45) is 6.83. The lowest BCUT2D eigenvalue weighted by Gasteiger charge is -2.41. The van der Waals surface area contributed by atoms with Gasteiger partial charge in [0.2, 0.25) is 0 Å². The van der Waals surface area contributed by atoms with E-state index >= 15 is 0 Å². The third kappa shape index (κ3) is 1.52. The molecule has 3 aliphatic rings. The molecule has 2 heterocycles. The molecular formula is C21H23N3O. The number of hydrogen-bond acceptors (Lipinski definition) is 3. The lowest BCUT2D eigenvalue weighted by molar-refractivity contribution is -0.605. The summed E-state index contributed by atoms with van der Waals surface area (Å²) < 4.78 is 0.852. The molecule has 4 atom stereocenters. The topological polar surface area (TPSA) is 51.7 Å². The van der Waals surface area contributed by atoms with Crippen LogP contribution in [0.4, 0.5) is 0 Å². The van der Waals surface area contributed by atoms with Crippen molar-refractivity contribution >= 4 is 0 Å². The number of azo groups is 1. The normalized spacial score (nSPS) is 37.4. The zero-order chi connectivity index (χ0) is 17.3. The predicted octanol–water partition coefficient (Wildman–Crippen LogP) is 4.33. The minimum Gasteiger partial charge on any atom is -0.619 e. The third-order valence-corrected chi connectivity index (χ3v) is 7.32. The van der Waals surface area contributed by atoms with Gasteiger partial charge in [0, 0.05) is 17.5 Å². The second kappa shape index (κ2) is 4.69. The third-order valence-electron chi connectivity index (χ3n) is 7.32. The SMILES string of the molecule is CC1(C)[C@]2(c3cc[n+]([O-])cc3)N=N[C@@]1(c1ccccc1)[C@H]1CCC[C@H]12. The molecule has 1 aromatic carbocycles. The van der Waals surface area contributed by atoms with Crippen LogP contribution in [-0.4, -0.2) is 0 Å². The smallest absolute Gasteiger partial charge is 0.180 e. The van der Waals surface area contributed by atoms with Crippen molar-refractivity contribution < 1.29 is 4.73 Å². The molecule has 2 aliphatic carbocycles. The zero-order valence-corrected chi connectivity index (χ0v) is 14.7. The fourth-order valence-electron chi connectivity index (χ4n) is 6.36. The average molecular weight is 333 g/mol. The molecule has 1 aliphatic heterocycles. The van der Waals surface area contributed by atoms with E-state index in [0.717, 1.165) is 10.3 Å². The molecule has 0 radical (unpaired) electrons. The van der Waals surface area contributed by atoms with Crippen LogP contribution in [-0.2, 0) is 11.1 Å². The number of hydrogen-bond donors (Lipinski definition) is 0. The van der Waals surface area contributed by atoms with E-state index in [1.54, 1.807) is 12.4 Å². The van der Waals surface area contributed by atoms with Gasteiger partial charge in [0.1, 0.15) is 11.1 Å². The zero-order valence-electron chi connectivity index (χ0n) is 14.7. The van der Waals surface area contributed by atoms with E-state index in [2.05, 4.69) is 44.2 Å². The van der Waals surface area contributed by atoms with Gasteiger partial charge in [-0.15, -0.1) is 0 Å². The fraction of sp³-hybridized carbons (Fsp3) is 0.476. The van der Waals surface area contributed by atoms with Crippen molar-refractivity contribution in [3.8, 4) is 0 Å². The number of aromatic nitrogens is 1. The highest BCUT2D eigenvalue weighted by Crippen LogP contribution is 2.77. The largest absolute Gasteiger partial charge is 0.619 e. The van der Waals surface area contributed by atoms with Crippen LogP contribution in [0.5, 0.6) is 0 Å². The molecule has 25 heavy (non-hydrogen) atoms. The van der Waals surface area contributed by atoms with Crippen molar-refractivity contribution in [3.05, 3.63) is 71.2 Å². The molecule has 4 heteroatoms. The lowest BCUT2D eigenvalue weighted by Crippen LogP contribution is -2.44. The molecule has 5 rings (SSSR count). The average Bonchev–Trinajstić information content (AvgIpc) is 3.24. The number of pyridine rings is 1. The van der Waals surface area contributed by atoms with Crippen molar-refractivity contribution in [2.75, 3.05) is 0 Å². The van der Waals surface area contributed by atoms with Crippen molar-refractivity contribution in [1.29, 1.82) is 0 Å². The molecule has 0 spiro atoms. The molecule has 2 saturated carbocycles. The van der Waals surface area contributed by atoms with Gasteiger partial charge in [0.05, 0.1) is 0 Å². The van der Waals surface area contributed by atoms with Crippen molar-refractivity contribution in [3.63, 3.8) is 0 Å². The lowest BCUT2D eigenvalue weighted by atomic mass is 9.61. The minimum atomic E-state index is -0.335. The Kier molecular flexibility index (Phi) is 2.82. The highest BCUT2D eigenvalue weighted by molar-refractivity contribution is 5.44. The van der Waals surface area contributed by atoms with Crippen LogP contribution in [0, 0.1) is 22.5 Å². The summed E-state index contributed by atoms with van der Waals surface area (Å²) >= 11 is 0. The van der Waals surface area contributed by atoms with Gasteiger partial charge in [-0.2, -0.15) is 15.0 Å². The van der Waals surface area contributed by atoms with Gasteiger partial charge in [-0.3, -0.25) is 0 Å². The number of nitrogens with zero attached hydrogens (tertiary/aromatic N) is 3. The van der Waals surface area contributed by atoms with Crippen LogP contribution in [0.1, 0.15) is 44.2 Å². The molecular weight excluding hydrogens is 310 g/mol. The van der Waals surface area contributed by atoms with Crippen LogP contribution in [0.3, 0.4) is 0 Å². The summed E-state index contributed by atoms with van der Waals surface area (Å²) in [4.78, 5) is 0. The number of benzene rings is 1. The van der Waals surface area contributed by atoms with E-state index in [1.165, 1.54) is 24.8 Å². The highest BCUT2D eigenvalue weighted by atomic mass is 16.5. The molecule has 4 nitrogen and oxygen atoms in total. The Balaban J connectivity index is 1.78. The van der Waals surface area contributed by atoms with Crippen LogP contribution in [0.25, 0.3) is 0 Å². The summed E-state index contributed by atoms with van der Waals surface area (Å²) in [5.41, 5.74) is 1.69. The second-order valence-electron chi connectivity index (χ2n) is 8.31. The number of rotatable bonds is 2. The van der Waals surface area contributed by atoms with Crippen molar-refractivity contribution in [1.82, 2.24) is 0 Å². The van der Waals surface area contributed by atoms with E-state index in [-0.39, 0.29) is 16.5 Å². The molecule has 2 aromatic rings. The Labute approximate surface area is 148 Å². The number of fused-ring (bicyclic) bond motifs is 5.